The van der Waals surface area contributed by atoms with Crippen LogP contribution in [0.4, 0.5) is 0 Å². The molecule has 0 amide bonds. The molecule has 3 aromatic heterocycles. The van der Waals surface area contributed by atoms with Gasteiger partial charge in [-0.25, -0.2) is 4.98 Å². The van der Waals surface area contributed by atoms with Crippen LogP contribution < -0.4 is 0 Å². The van der Waals surface area contributed by atoms with Crippen molar-refractivity contribution in [2.75, 3.05) is 0 Å². The summed E-state index contributed by atoms with van der Waals surface area (Å²) in [5.74, 6) is 0. The quantitative estimate of drug-likeness (QED) is 0.170. The van der Waals surface area contributed by atoms with Crippen molar-refractivity contribution >= 4 is 76.5 Å². The largest absolute Gasteiger partial charge is 0.455 e. The predicted molar refractivity (Wildman–Crippen MR) is 231 cm³/mol. The molecule has 0 fully saturated rings. The van der Waals surface area contributed by atoms with Crippen LogP contribution in [-0.4, -0.2) is 9.97 Å². The molecule has 0 aliphatic carbocycles. The number of hydrogen-bond donors (Lipinski definition) is 0. The average Bonchev–Trinajstić information content (AvgIpc) is 3.85. The summed E-state index contributed by atoms with van der Waals surface area (Å²) in [4.78, 5) is 10.3. The number of hydrogen-bond acceptors (Lipinski definition) is 4. The summed E-state index contributed by atoms with van der Waals surface area (Å²) in [6.45, 7) is 0. The highest BCUT2D eigenvalue weighted by Crippen LogP contribution is 2.46. The molecule has 3 heterocycles. The highest BCUT2D eigenvalue weighted by Gasteiger charge is 2.21. The van der Waals surface area contributed by atoms with Crippen molar-refractivity contribution in [2.45, 2.75) is 0 Å². The van der Waals surface area contributed by atoms with Crippen molar-refractivity contribution < 1.29 is 8.83 Å². The zero-order valence-corrected chi connectivity index (χ0v) is 30.0. The first-order chi connectivity index (χ1) is 27.8. The number of benzene rings is 9. The van der Waals surface area contributed by atoms with Crippen LogP contribution in [0.3, 0.4) is 0 Å². The molecule has 0 N–H and O–H groups in total. The molecule has 0 aliphatic heterocycles. The van der Waals surface area contributed by atoms with Crippen LogP contribution in [0.15, 0.2) is 191 Å². The van der Waals surface area contributed by atoms with E-state index in [9.17, 15) is 0 Å². The Morgan fingerprint density at radius 1 is 0.321 bits per heavy atom. The van der Waals surface area contributed by atoms with Gasteiger partial charge in [-0.15, -0.1) is 0 Å². The van der Waals surface area contributed by atoms with Gasteiger partial charge in [0.1, 0.15) is 22.3 Å². The first-order valence-corrected chi connectivity index (χ1v) is 18.9. The second kappa shape index (κ2) is 12.0. The number of rotatable bonds is 4. The van der Waals surface area contributed by atoms with E-state index in [-0.39, 0.29) is 0 Å². The fourth-order valence-corrected chi connectivity index (χ4v) is 8.80. The maximum atomic E-state index is 6.62. The molecular weight excluding hydrogens is 685 g/mol. The third kappa shape index (κ3) is 4.53. The molecule has 0 saturated carbocycles. The zero-order chi connectivity index (χ0) is 36.7. The fourth-order valence-electron chi connectivity index (χ4n) is 8.80. The Hall–Kier alpha value is -7.56. The van der Waals surface area contributed by atoms with Gasteiger partial charge in [0, 0.05) is 49.0 Å². The second-order valence-electron chi connectivity index (χ2n) is 14.4. The maximum absolute atomic E-state index is 6.62. The molecule has 0 aliphatic rings. The van der Waals surface area contributed by atoms with E-state index in [0.717, 1.165) is 110 Å². The highest BCUT2D eigenvalue weighted by atomic mass is 16.3. The Labute approximate surface area is 320 Å². The van der Waals surface area contributed by atoms with E-state index in [0.29, 0.717) is 0 Å². The molecule has 9 aromatic carbocycles. The molecule has 0 spiro atoms. The van der Waals surface area contributed by atoms with Crippen molar-refractivity contribution in [1.29, 1.82) is 0 Å². The lowest BCUT2D eigenvalue weighted by Crippen LogP contribution is -1.93. The van der Waals surface area contributed by atoms with E-state index < -0.39 is 0 Å². The second-order valence-corrected chi connectivity index (χ2v) is 14.4. The summed E-state index contributed by atoms with van der Waals surface area (Å²) in [5.41, 5.74) is 13.6. The summed E-state index contributed by atoms with van der Waals surface area (Å²) in [5, 5.41) is 8.99. The predicted octanol–water partition coefficient (Wildman–Crippen LogP) is 14.4. The SMILES string of the molecule is c1cc(-c2cccc3c2oc2ccccc23)c(-c2ccc(-c3cnc4c5ccccc5c5ccccc5c4n3)cc2)c(-c2cccc3c2oc2ccccc23)c1. The van der Waals surface area contributed by atoms with Crippen molar-refractivity contribution in [2.24, 2.45) is 0 Å². The summed E-state index contributed by atoms with van der Waals surface area (Å²) in [6, 6.07) is 61.7. The minimum Gasteiger partial charge on any atom is -0.455 e. The first kappa shape index (κ1) is 30.9. The summed E-state index contributed by atoms with van der Waals surface area (Å²) < 4.78 is 13.2. The minimum absolute atomic E-state index is 0.831. The van der Waals surface area contributed by atoms with Crippen LogP contribution in [-0.2, 0) is 0 Å². The van der Waals surface area contributed by atoms with Gasteiger partial charge in [0.05, 0.1) is 22.9 Å². The van der Waals surface area contributed by atoms with Crippen LogP contribution >= 0.6 is 0 Å². The van der Waals surface area contributed by atoms with E-state index >= 15 is 0 Å². The van der Waals surface area contributed by atoms with E-state index in [1.54, 1.807) is 0 Å². The molecule has 0 unspecified atom stereocenters. The molecule has 0 bridgehead atoms. The lowest BCUT2D eigenvalue weighted by atomic mass is 9.86. The van der Waals surface area contributed by atoms with Gasteiger partial charge in [-0.2, -0.15) is 0 Å². The normalized spacial score (nSPS) is 11.9. The van der Waals surface area contributed by atoms with Crippen LogP contribution in [0.1, 0.15) is 0 Å². The molecule has 0 saturated heterocycles. The molecule has 4 heteroatoms. The standard InChI is InChI=1S/C52H30N2O2/c1-3-16-39-33(12-1)34-13-2-4-17-40(34)50-49(39)53-30-45(54-50)31-26-28-32(29-27-31)48-37(43-22-10-20-41-35-14-5-7-24-46(35)55-51(41)43)18-9-19-38(48)44-23-11-21-42-36-15-6-8-25-47(36)56-52(42)44/h1-30H. The molecule has 12 rings (SSSR count). The fraction of sp³-hybridized carbons (Fsp3) is 0. The van der Waals surface area contributed by atoms with Crippen LogP contribution in [0.5, 0.6) is 0 Å². The topological polar surface area (TPSA) is 52.1 Å². The van der Waals surface area contributed by atoms with Gasteiger partial charge in [0.2, 0.25) is 0 Å². The first-order valence-electron chi connectivity index (χ1n) is 18.9. The summed E-state index contributed by atoms with van der Waals surface area (Å²) in [7, 11) is 0. The van der Waals surface area contributed by atoms with E-state index in [4.69, 9.17) is 18.8 Å². The van der Waals surface area contributed by atoms with Crippen molar-refractivity contribution in [3.05, 3.63) is 182 Å². The van der Waals surface area contributed by atoms with E-state index in [2.05, 4.69) is 152 Å². The molecule has 0 radical (unpaired) electrons. The number of furan rings is 2. The molecule has 56 heavy (non-hydrogen) atoms. The molecular formula is C52H30N2O2. The van der Waals surface area contributed by atoms with Crippen molar-refractivity contribution in [3.8, 4) is 44.6 Å². The molecule has 260 valence electrons. The molecule has 4 nitrogen and oxygen atoms in total. The van der Waals surface area contributed by atoms with Gasteiger partial charge in [0.25, 0.3) is 0 Å². The lowest BCUT2D eigenvalue weighted by molar-refractivity contribution is 0.670. The van der Waals surface area contributed by atoms with Crippen molar-refractivity contribution in [1.82, 2.24) is 9.97 Å². The zero-order valence-electron chi connectivity index (χ0n) is 30.0. The average molecular weight is 715 g/mol. The smallest absolute Gasteiger partial charge is 0.143 e. The Bertz CT molecular complexity index is 3370. The monoisotopic (exact) mass is 714 g/mol. The lowest BCUT2D eigenvalue weighted by Gasteiger charge is -2.17. The van der Waals surface area contributed by atoms with Crippen LogP contribution in [0, 0.1) is 0 Å². The number of para-hydroxylation sites is 4. The van der Waals surface area contributed by atoms with Gasteiger partial charge in [0.15, 0.2) is 0 Å². The highest BCUT2D eigenvalue weighted by molar-refractivity contribution is 6.23. The Morgan fingerprint density at radius 2 is 0.750 bits per heavy atom. The number of aromatic nitrogens is 2. The van der Waals surface area contributed by atoms with E-state index in [1.165, 1.54) is 10.8 Å². The number of nitrogens with zero attached hydrogens (tertiary/aromatic N) is 2. The van der Waals surface area contributed by atoms with Gasteiger partial charge < -0.3 is 8.83 Å². The molecule has 12 aromatic rings. The molecule has 0 atom stereocenters. The maximum Gasteiger partial charge on any atom is 0.143 e. The third-order valence-corrected chi connectivity index (χ3v) is 11.3. The minimum atomic E-state index is 0.831. The van der Waals surface area contributed by atoms with E-state index in [1.807, 2.05) is 30.5 Å². The van der Waals surface area contributed by atoms with Gasteiger partial charge >= 0.3 is 0 Å². The Balaban J connectivity index is 1.08. The van der Waals surface area contributed by atoms with Gasteiger partial charge in [-0.3, -0.25) is 4.98 Å². The van der Waals surface area contributed by atoms with Crippen molar-refractivity contribution in [3.63, 3.8) is 0 Å². The van der Waals surface area contributed by atoms with Gasteiger partial charge in [-0.1, -0.05) is 164 Å². The Morgan fingerprint density at radius 3 is 1.32 bits per heavy atom. The summed E-state index contributed by atoms with van der Waals surface area (Å²) >= 11 is 0. The Kier molecular flexibility index (Phi) is 6.60. The van der Waals surface area contributed by atoms with Gasteiger partial charge in [-0.05, 0) is 45.2 Å². The number of fused-ring (bicyclic) bond motifs is 12. The third-order valence-electron chi connectivity index (χ3n) is 11.3. The van der Waals surface area contributed by atoms with Crippen LogP contribution in [0.25, 0.3) is 121 Å². The summed E-state index contributed by atoms with van der Waals surface area (Å²) in [6.07, 6.45) is 1.91. The van der Waals surface area contributed by atoms with Crippen LogP contribution in [0.2, 0.25) is 0 Å².